The van der Waals surface area contributed by atoms with E-state index in [4.69, 9.17) is 0 Å². The number of thiophene rings is 1. The molecule has 2 aromatic rings. The average molecular weight is 330 g/mol. The molecule has 98 valence electrons. The molecule has 0 aliphatic carbocycles. The van der Waals surface area contributed by atoms with Crippen molar-refractivity contribution in [3.05, 3.63) is 38.8 Å². The molecular formula is C12H16BrN3OS. The zero-order chi connectivity index (χ0) is 13.1. The van der Waals surface area contributed by atoms with E-state index in [-0.39, 0.29) is 0 Å². The molecule has 0 aliphatic rings. The van der Waals surface area contributed by atoms with E-state index < -0.39 is 6.10 Å². The van der Waals surface area contributed by atoms with E-state index in [0.717, 1.165) is 28.1 Å². The van der Waals surface area contributed by atoms with Gasteiger partial charge in [0.05, 0.1) is 22.9 Å². The van der Waals surface area contributed by atoms with Gasteiger partial charge < -0.3 is 10.0 Å². The second-order valence-electron chi connectivity index (χ2n) is 4.32. The molecule has 2 heterocycles. The lowest BCUT2D eigenvalue weighted by Crippen LogP contribution is -2.21. The number of nitrogens with zero attached hydrogens (tertiary/aromatic N) is 3. The monoisotopic (exact) mass is 329 g/mol. The third kappa shape index (κ3) is 3.00. The van der Waals surface area contributed by atoms with Crippen molar-refractivity contribution in [1.29, 1.82) is 0 Å². The highest BCUT2D eigenvalue weighted by Crippen LogP contribution is 2.30. The molecule has 0 fully saturated rings. The van der Waals surface area contributed by atoms with E-state index in [1.54, 1.807) is 17.5 Å². The number of hydrogen-bond donors (Lipinski definition) is 1. The Labute approximate surface area is 119 Å². The van der Waals surface area contributed by atoms with Crippen molar-refractivity contribution < 1.29 is 5.11 Å². The van der Waals surface area contributed by atoms with Gasteiger partial charge in [0.15, 0.2) is 0 Å². The first-order chi connectivity index (χ1) is 8.59. The second kappa shape index (κ2) is 5.97. The zero-order valence-electron chi connectivity index (χ0n) is 10.4. The first kappa shape index (κ1) is 13.7. The maximum Gasteiger partial charge on any atom is 0.131 e. The van der Waals surface area contributed by atoms with Crippen LogP contribution in [0.2, 0.25) is 0 Å². The van der Waals surface area contributed by atoms with Gasteiger partial charge in [0, 0.05) is 11.4 Å². The summed E-state index contributed by atoms with van der Waals surface area (Å²) in [6.45, 7) is 1.65. The Morgan fingerprint density at radius 1 is 1.56 bits per heavy atom. The van der Waals surface area contributed by atoms with Gasteiger partial charge in [0.1, 0.15) is 6.10 Å². The molecule has 18 heavy (non-hydrogen) atoms. The molecule has 0 aromatic carbocycles. The van der Waals surface area contributed by atoms with Crippen LogP contribution in [0.15, 0.2) is 28.2 Å². The summed E-state index contributed by atoms with van der Waals surface area (Å²) >= 11 is 5.01. The molecule has 1 atom stereocenters. The quantitative estimate of drug-likeness (QED) is 0.915. The Morgan fingerprint density at radius 3 is 2.94 bits per heavy atom. The number of aliphatic hydroxyl groups excluding tert-OH is 1. The van der Waals surface area contributed by atoms with Crippen LogP contribution < -0.4 is 0 Å². The van der Waals surface area contributed by atoms with Gasteiger partial charge in [-0.1, -0.05) is 6.07 Å². The highest BCUT2D eigenvalue weighted by molar-refractivity contribution is 9.10. The maximum atomic E-state index is 10.4. The topological polar surface area (TPSA) is 41.3 Å². The fraction of sp³-hybridized carbons (Fsp3) is 0.417. The smallest absolute Gasteiger partial charge is 0.131 e. The number of hydrogen-bond acceptors (Lipinski definition) is 4. The Bertz CT molecular complexity index is 495. The second-order valence-corrected chi connectivity index (χ2v) is 6.16. The fourth-order valence-electron chi connectivity index (χ4n) is 1.70. The fourth-order valence-corrected chi connectivity index (χ4v) is 2.92. The predicted octanol–water partition coefficient (Wildman–Crippen LogP) is 2.35. The van der Waals surface area contributed by atoms with Crippen molar-refractivity contribution in [2.45, 2.75) is 12.6 Å². The summed E-state index contributed by atoms with van der Waals surface area (Å²) in [7, 11) is 4.04. The van der Waals surface area contributed by atoms with Gasteiger partial charge in [0.2, 0.25) is 0 Å². The third-order valence-electron chi connectivity index (χ3n) is 2.66. The molecule has 0 bridgehead atoms. The molecule has 0 saturated heterocycles. The third-order valence-corrected chi connectivity index (χ3v) is 4.20. The summed E-state index contributed by atoms with van der Waals surface area (Å²) in [5.41, 5.74) is 0.819. The van der Waals surface area contributed by atoms with Crippen LogP contribution in [0.25, 0.3) is 0 Å². The predicted molar refractivity (Wildman–Crippen MR) is 76.9 cm³/mol. The number of aliphatic hydroxyl groups is 1. The van der Waals surface area contributed by atoms with Crippen molar-refractivity contribution in [1.82, 2.24) is 14.7 Å². The first-order valence-electron chi connectivity index (χ1n) is 5.67. The van der Waals surface area contributed by atoms with Gasteiger partial charge >= 0.3 is 0 Å². The number of halogens is 1. The number of aromatic nitrogens is 2. The summed E-state index contributed by atoms with van der Waals surface area (Å²) in [5.74, 6) is 0. The van der Waals surface area contributed by atoms with Crippen molar-refractivity contribution in [3.63, 3.8) is 0 Å². The van der Waals surface area contributed by atoms with Crippen LogP contribution in [-0.2, 0) is 6.54 Å². The van der Waals surface area contributed by atoms with E-state index in [0.29, 0.717) is 0 Å². The molecule has 0 saturated carbocycles. The Balaban J connectivity index is 2.23. The average Bonchev–Trinajstić information content (AvgIpc) is 2.94. The normalized spacial score (nSPS) is 13.2. The summed E-state index contributed by atoms with van der Waals surface area (Å²) in [5, 5.41) is 16.7. The highest BCUT2D eigenvalue weighted by Gasteiger charge is 2.20. The van der Waals surface area contributed by atoms with Crippen LogP contribution in [0.4, 0.5) is 0 Å². The van der Waals surface area contributed by atoms with E-state index in [1.165, 1.54) is 0 Å². The van der Waals surface area contributed by atoms with Gasteiger partial charge in [-0.05, 0) is 41.5 Å². The molecule has 1 N–H and O–H groups in total. The Hall–Kier alpha value is -0.690. The minimum atomic E-state index is -0.621. The first-order valence-corrected chi connectivity index (χ1v) is 7.34. The lowest BCUT2D eigenvalue weighted by Gasteiger charge is -2.15. The van der Waals surface area contributed by atoms with Gasteiger partial charge in [-0.3, -0.25) is 4.68 Å². The van der Waals surface area contributed by atoms with Crippen LogP contribution in [0, 0.1) is 0 Å². The van der Waals surface area contributed by atoms with E-state index >= 15 is 0 Å². The lowest BCUT2D eigenvalue weighted by molar-refractivity contribution is 0.208. The van der Waals surface area contributed by atoms with Gasteiger partial charge in [-0.15, -0.1) is 11.3 Å². The SMILES string of the molecule is CN(C)CCn1ncc(Br)c1C(O)c1cccs1. The van der Waals surface area contributed by atoms with E-state index in [9.17, 15) is 5.11 Å². The number of likely N-dealkylation sites (N-methyl/N-ethyl adjacent to an activating group) is 1. The Morgan fingerprint density at radius 2 is 2.33 bits per heavy atom. The molecule has 0 amide bonds. The molecule has 6 heteroatoms. The molecule has 2 aromatic heterocycles. The van der Waals surface area contributed by atoms with Crippen LogP contribution >= 0.6 is 27.3 Å². The highest BCUT2D eigenvalue weighted by atomic mass is 79.9. The van der Waals surface area contributed by atoms with E-state index in [2.05, 4.69) is 25.9 Å². The summed E-state index contributed by atoms with van der Waals surface area (Å²) < 4.78 is 2.70. The summed E-state index contributed by atoms with van der Waals surface area (Å²) in [6, 6.07) is 3.88. The summed E-state index contributed by atoms with van der Waals surface area (Å²) in [4.78, 5) is 3.03. The van der Waals surface area contributed by atoms with Crippen molar-refractivity contribution in [3.8, 4) is 0 Å². The van der Waals surface area contributed by atoms with Gasteiger partial charge in [-0.25, -0.2) is 0 Å². The molecular weight excluding hydrogens is 314 g/mol. The largest absolute Gasteiger partial charge is 0.381 e. The molecule has 0 spiro atoms. The van der Waals surface area contributed by atoms with Gasteiger partial charge in [-0.2, -0.15) is 5.10 Å². The minimum Gasteiger partial charge on any atom is -0.381 e. The molecule has 2 rings (SSSR count). The molecule has 4 nitrogen and oxygen atoms in total. The van der Waals surface area contributed by atoms with Crippen LogP contribution in [0.3, 0.4) is 0 Å². The van der Waals surface area contributed by atoms with Crippen molar-refractivity contribution >= 4 is 27.3 Å². The molecule has 0 aliphatic heterocycles. The zero-order valence-corrected chi connectivity index (χ0v) is 12.8. The van der Waals surface area contributed by atoms with Crippen molar-refractivity contribution in [2.24, 2.45) is 0 Å². The van der Waals surface area contributed by atoms with Crippen LogP contribution in [0.1, 0.15) is 16.7 Å². The van der Waals surface area contributed by atoms with Crippen LogP contribution in [0.5, 0.6) is 0 Å². The minimum absolute atomic E-state index is 0.621. The van der Waals surface area contributed by atoms with E-state index in [1.807, 2.05) is 36.3 Å². The Kier molecular flexibility index (Phi) is 4.55. The van der Waals surface area contributed by atoms with Gasteiger partial charge in [0.25, 0.3) is 0 Å². The molecule has 1 unspecified atom stereocenters. The summed E-state index contributed by atoms with van der Waals surface area (Å²) in [6.07, 6.45) is 1.12. The lowest BCUT2D eigenvalue weighted by atomic mass is 10.2. The standard InChI is InChI=1S/C12H16BrN3OS/c1-15(2)5-6-16-11(9(13)8-14-16)12(17)10-4-3-7-18-10/h3-4,7-8,12,17H,5-6H2,1-2H3. The van der Waals surface area contributed by atoms with Crippen LogP contribution in [-0.4, -0.2) is 40.4 Å². The number of rotatable bonds is 5. The van der Waals surface area contributed by atoms with Crippen molar-refractivity contribution in [2.75, 3.05) is 20.6 Å². The molecule has 0 radical (unpaired) electrons. The maximum absolute atomic E-state index is 10.4.